The van der Waals surface area contributed by atoms with Crippen molar-refractivity contribution in [1.29, 1.82) is 0 Å². The van der Waals surface area contributed by atoms with Gasteiger partial charge in [0, 0.05) is 6.54 Å². The maximum atomic E-state index is 10.8. The third-order valence-corrected chi connectivity index (χ3v) is 2.05. The van der Waals surface area contributed by atoms with Gasteiger partial charge >= 0.3 is 5.97 Å². The molecule has 0 aromatic rings. The summed E-state index contributed by atoms with van der Waals surface area (Å²) in [4.78, 5) is 10.8. The number of ether oxygens (including phenoxy) is 1. The van der Waals surface area contributed by atoms with E-state index >= 15 is 0 Å². The van der Waals surface area contributed by atoms with Crippen molar-refractivity contribution in [2.45, 2.75) is 16.8 Å². The Labute approximate surface area is 97.5 Å². The van der Waals surface area contributed by atoms with Crippen LogP contribution in [0.4, 0.5) is 0 Å². The van der Waals surface area contributed by atoms with E-state index in [1.807, 2.05) is 0 Å². The van der Waals surface area contributed by atoms with E-state index in [1.54, 1.807) is 6.92 Å². The molecule has 0 aliphatic carbocycles. The van der Waals surface area contributed by atoms with Gasteiger partial charge in [-0.05, 0) is 6.92 Å². The zero-order chi connectivity index (χ0) is 11.2. The SMILES string of the molecule is CCOC(=O)CNCC(O)C(Cl)(Cl)Cl. The summed E-state index contributed by atoms with van der Waals surface area (Å²) < 4.78 is 2.88. The fourth-order valence-corrected chi connectivity index (χ4v) is 0.870. The fourth-order valence-electron chi connectivity index (χ4n) is 0.639. The highest BCUT2D eigenvalue weighted by Gasteiger charge is 2.30. The maximum Gasteiger partial charge on any atom is 0.319 e. The Hall–Kier alpha value is 0.260. The van der Waals surface area contributed by atoms with Crippen molar-refractivity contribution < 1.29 is 14.6 Å². The number of carbonyl (C=O) groups is 1. The van der Waals surface area contributed by atoms with Gasteiger partial charge in [-0.1, -0.05) is 34.8 Å². The van der Waals surface area contributed by atoms with Crippen LogP contribution >= 0.6 is 34.8 Å². The van der Waals surface area contributed by atoms with Gasteiger partial charge in [0.2, 0.25) is 3.79 Å². The van der Waals surface area contributed by atoms with Crippen molar-refractivity contribution >= 4 is 40.8 Å². The van der Waals surface area contributed by atoms with Crippen molar-refractivity contribution in [1.82, 2.24) is 5.32 Å². The molecule has 0 spiro atoms. The van der Waals surface area contributed by atoms with E-state index in [1.165, 1.54) is 0 Å². The number of rotatable bonds is 5. The molecule has 1 unspecified atom stereocenters. The normalized spacial score (nSPS) is 13.8. The van der Waals surface area contributed by atoms with Crippen LogP contribution in [0.2, 0.25) is 0 Å². The van der Waals surface area contributed by atoms with Crippen LogP contribution in [0.5, 0.6) is 0 Å². The van der Waals surface area contributed by atoms with E-state index in [0.29, 0.717) is 6.61 Å². The second kappa shape index (κ2) is 6.69. The minimum Gasteiger partial charge on any atom is -0.465 e. The van der Waals surface area contributed by atoms with Gasteiger partial charge in [0.05, 0.1) is 13.2 Å². The first-order chi connectivity index (χ1) is 6.38. The second-order valence-corrected chi connectivity index (χ2v) is 4.86. The molecule has 0 aliphatic rings. The number of hydrogen-bond acceptors (Lipinski definition) is 4. The van der Waals surface area contributed by atoms with E-state index in [4.69, 9.17) is 34.8 Å². The molecule has 0 amide bonds. The summed E-state index contributed by atoms with van der Waals surface area (Å²) in [6, 6.07) is 0. The number of alkyl halides is 3. The van der Waals surface area contributed by atoms with Crippen LogP contribution in [0.15, 0.2) is 0 Å². The molecular weight excluding hydrogens is 252 g/mol. The summed E-state index contributed by atoms with van der Waals surface area (Å²) in [5.74, 6) is -0.413. The number of aliphatic hydroxyl groups excluding tert-OH is 1. The number of esters is 1. The zero-order valence-corrected chi connectivity index (χ0v) is 9.86. The third-order valence-electron chi connectivity index (χ3n) is 1.29. The number of halogens is 3. The standard InChI is InChI=1S/C7H12Cl3NO3/c1-2-14-6(13)4-11-3-5(12)7(8,9)10/h5,11-12H,2-4H2,1H3. The van der Waals surface area contributed by atoms with Crippen molar-refractivity contribution in [3.05, 3.63) is 0 Å². The quantitative estimate of drug-likeness (QED) is 0.571. The van der Waals surface area contributed by atoms with Gasteiger partial charge in [0.1, 0.15) is 6.10 Å². The lowest BCUT2D eigenvalue weighted by atomic mass is 10.4. The van der Waals surface area contributed by atoms with Crippen molar-refractivity contribution in [3.63, 3.8) is 0 Å². The van der Waals surface area contributed by atoms with Gasteiger partial charge < -0.3 is 15.2 Å². The Morgan fingerprint density at radius 3 is 2.57 bits per heavy atom. The van der Waals surface area contributed by atoms with Gasteiger partial charge in [-0.25, -0.2) is 0 Å². The lowest BCUT2D eigenvalue weighted by Crippen LogP contribution is -2.38. The minimum atomic E-state index is -1.75. The average molecular weight is 265 g/mol. The molecule has 0 saturated heterocycles. The van der Waals surface area contributed by atoms with Crippen LogP contribution in [0.1, 0.15) is 6.92 Å². The Bertz CT molecular complexity index is 184. The highest BCUT2D eigenvalue weighted by Crippen LogP contribution is 2.29. The van der Waals surface area contributed by atoms with Crippen molar-refractivity contribution in [3.8, 4) is 0 Å². The molecule has 0 bridgehead atoms. The predicted molar refractivity (Wildman–Crippen MR) is 55.8 cm³/mol. The smallest absolute Gasteiger partial charge is 0.319 e. The van der Waals surface area contributed by atoms with Crippen LogP contribution in [-0.4, -0.2) is 40.7 Å². The zero-order valence-electron chi connectivity index (χ0n) is 7.60. The van der Waals surface area contributed by atoms with Gasteiger partial charge in [-0.15, -0.1) is 0 Å². The number of aliphatic hydroxyl groups is 1. The predicted octanol–water partition coefficient (Wildman–Crippen LogP) is 0.870. The molecule has 0 aliphatic heterocycles. The minimum absolute atomic E-state index is 0.00924. The molecule has 4 nitrogen and oxygen atoms in total. The molecule has 0 heterocycles. The summed E-state index contributed by atoms with van der Waals surface area (Å²) in [6.07, 6.45) is -1.16. The molecule has 0 aromatic carbocycles. The van der Waals surface area contributed by atoms with Crippen LogP contribution in [0.3, 0.4) is 0 Å². The van der Waals surface area contributed by atoms with Gasteiger partial charge in [-0.2, -0.15) is 0 Å². The molecule has 0 aromatic heterocycles. The molecule has 0 rings (SSSR count). The Morgan fingerprint density at radius 1 is 1.57 bits per heavy atom. The second-order valence-electron chi connectivity index (χ2n) is 2.49. The highest BCUT2D eigenvalue weighted by atomic mass is 35.6. The molecule has 1 atom stereocenters. The van der Waals surface area contributed by atoms with Crippen LogP contribution < -0.4 is 5.32 Å². The first-order valence-corrected chi connectivity index (χ1v) is 5.12. The average Bonchev–Trinajstić information content (AvgIpc) is 2.02. The van der Waals surface area contributed by atoms with E-state index in [2.05, 4.69) is 10.1 Å². The largest absolute Gasteiger partial charge is 0.465 e. The van der Waals surface area contributed by atoms with Gasteiger partial charge in [0.25, 0.3) is 0 Å². The van der Waals surface area contributed by atoms with E-state index < -0.39 is 15.9 Å². The maximum absolute atomic E-state index is 10.8. The third kappa shape index (κ3) is 6.68. The first-order valence-electron chi connectivity index (χ1n) is 3.99. The summed E-state index contributed by atoms with van der Waals surface area (Å²) in [7, 11) is 0. The van der Waals surface area contributed by atoms with Gasteiger partial charge in [-0.3, -0.25) is 4.79 Å². The Kier molecular flexibility index (Phi) is 6.81. The monoisotopic (exact) mass is 263 g/mol. The summed E-state index contributed by atoms with van der Waals surface area (Å²) in [5.41, 5.74) is 0. The number of nitrogens with one attached hydrogen (secondary N) is 1. The lowest BCUT2D eigenvalue weighted by Gasteiger charge is -2.18. The summed E-state index contributed by atoms with van der Waals surface area (Å²) in [5, 5.41) is 11.8. The molecule has 0 fully saturated rings. The molecule has 0 saturated carbocycles. The van der Waals surface area contributed by atoms with Crippen LogP contribution in [0, 0.1) is 0 Å². The Balaban J connectivity index is 3.59. The fraction of sp³-hybridized carbons (Fsp3) is 0.857. The van der Waals surface area contributed by atoms with E-state index in [0.717, 1.165) is 0 Å². The lowest BCUT2D eigenvalue weighted by molar-refractivity contribution is -0.142. The first kappa shape index (κ1) is 14.3. The van der Waals surface area contributed by atoms with E-state index in [-0.39, 0.29) is 13.1 Å². The van der Waals surface area contributed by atoms with Crippen molar-refractivity contribution in [2.75, 3.05) is 19.7 Å². The summed E-state index contributed by atoms with van der Waals surface area (Å²) in [6.45, 7) is 2.00. The van der Waals surface area contributed by atoms with E-state index in [9.17, 15) is 9.90 Å². The Morgan fingerprint density at radius 2 is 2.14 bits per heavy atom. The number of hydrogen-bond donors (Lipinski definition) is 2. The molecule has 84 valence electrons. The van der Waals surface area contributed by atoms with Gasteiger partial charge in [0.15, 0.2) is 0 Å². The molecule has 2 N–H and O–H groups in total. The molecule has 7 heteroatoms. The molecule has 0 radical (unpaired) electrons. The summed E-state index contributed by atoms with van der Waals surface area (Å²) >= 11 is 16.2. The van der Waals surface area contributed by atoms with Crippen LogP contribution in [0.25, 0.3) is 0 Å². The molecular formula is C7H12Cl3NO3. The highest BCUT2D eigenvalue weighted by molar-refractivity contribution is 6.68. The topological polar surface area (TPSA) is 58.6 Å². The van der Waals surface area contributed by atoms with Crippen LogP contribution in [-0.2, 0) is 9.53 Å². The number of carbonyl (C=O) groups excluding carboxylic acids is 1. The van der Waals surface area contributed by atoms with Crippen molar-refractivity contribution in [2.24, 2.45) is 0 Å². The molecule has 14 heavy (non-hydrogen) atoms.